The van der Waals surface area contributed by atoms with E-state index in [-0.39, 0.29) is 0 Å². The van der Waals surface area contributed by atoms with E-state index in [1.807, 2.05) is 6.07 Å². The van der Waals surface area contributed by atoms with Gasteiger partial charge < -0.3 is 10.1 Å². The Kier molecular flexibility index (Phi) is 6.05. The summed E-state index contributed by atoms with van der Waals surface area (Å²) in [5, 5.41) is 11.8. The molecular weight excluding hydrogens is 219 g/mol. The van der Waals surface area contributed by atoms with E-state index in [0.29, 0.717) is 24.4 Å². The Morgan fingerprint density at radius 2 is 2.18 bits per heavy atom. The number of hydrogen-bond acceptors (Lipinski definition) is 3. The van der Waals surface area contributed by atoms with Gasteiger partial charge in [-0.3, -0.25) is 0 Å². The van der Waals surface area contributed by atoms with E-state index >= 15 is 0 Å². The van der Waals surface area contributed by atoms with Crippen molar-refractivity contribution >= 4 is 5.69 Å². The third kappa shape index (κ3) is 5.32. The number of nitriles is 1. The first-order valence-corrected chi connectivity index (χ1v) is 5.78. The molecule has 0 aliphatic heterocycles. The molecule has 1 rings (SSSR count). The molecule has 1 N–H and O–H groups in total. The van der Waals surface area contributed by atoms with Crippen LogP contribution in [0.25, 0.3) is 0 Å². The largest absolute Gasteiger partial charge is 0.385 e. The average Bonchev–Trinajstić information content (AvgIpc) is 2.33. The van der Waals surface area contributed by atoms with Crippen molar-refractivity contribution in [3.63, 3.8) is 0 Å². The second kappa shape index (κ2) is 7.64. The molecule has 0 fully saturated rings. The zero-order valence-electron chi connectivity index (χ0n) is 10.0. The summed E-state index contributed by atoms with van der Waals surface area (Å²) >= 11 is 0. The molecule has 17 heavy (non-hydrogen) atoms. The molecule has 0 aromatic heterocycles. The van der Waals surface area contributed by atoms with Gasteiger partial charge in [0, 0.05) is 25.4 Å². The first-order chi connectivity index (χ1) is 8.26. The lowest BCUT2D eigenvalue weighted by atomic mass is 10.2. The minimum atomic E-state index is -0.395. The van der Waals surface area contributed by atoms with Crippen LogP contribution in [-0.4, -0.2) is 19.8 Å². The van der Waals surface area contributed by atoms with Crippen LogP contribution in [0.2, 0.25) is 0 Å². The lowest BCUT2D eigenvalue weighted by molar-refractivity contribution is 0.134. The fourth-order valence-electron chi connectivity index (χ4n) is 1.41. The maximum Gasteiger partial charge on any atom is 0.126 e. The molecule has 4 heteroatoms. The van der Waals surface area contributed by atoms with E-state index in [2.05, 4.69) is 12.2 Å². The van der Waals surface area contributed by atoms with Gasteiger partial charge in [-0.2, -0.15) is 5.26 Å². The summed E-state index contributed by atoms with van der Waals surface area (Å²) in [6.45, 7) is 4.24. The molecule has 92 valence electrons. The molecule has 0 aliphatic rings. The summed E-state index contributed by atoms with van der Waals surface area (Å²) in [6.07, 6.45) is 1.88. The molecule has 1 aromatic rings. The lowest BCUT2D eigenvalue weighted by Gasteiger charge is -2.07. The summed E-state index contributed by atoms with van der Waals surface area (Å²) in [7, 11) is 0. The van der Waals surface area contributed by atoms with Gasteiger partial charge >= 0.3 is 0 Å². The topological polar surface area (TPSA) is 45.0 Å². The van der Waals surface area contributed by atoms with Crippen molar-refractivity contribution in [2.45, 2.75) is 19.8 Å². The minimum absolute atomic E-state index is 0.328. The summed E-state index contributed by atoms with van der Waals surface area (Å²) in [4.78, 5) is 0. The number of benzene rings is 1. The van der Waals surface area contributed by atoms with Gasteiger partial charge in [0.05, 0.1) is 11.6 Å². The molecule has 0 saturated heterocycles. The maximum atomic E-state index is 13.1. The van der Waals surface area contributed by atoms with Crippen molar-refractivity contribution in [1.29, 1.82) is 5.26 Å². The average molecular weight is 236 g/mol. The van der Waals surface area contributed by atoms with Gasteiger partial charge in [-0.1, -0.05) is 6.92 Å². The number of nitrogens with zero attached hydrogens (tertiary/aromatic N) is 1. The van der Waals surface area contributed by atoms with Gasteiger partial charge in [0.15, 0.2) is 0 Å². The Morgan fingerprint density at radius 1 is 1.35 bits per heavy atom. The molecule has 1 aromatic carbocycles. The molecule has 0 saturated carbocycles. The number of nitrogens with one attached hydrogen (secondary N) is 1. The van der Waals surface area contributed by atoms with Gasteiger partial charge in [0.1, 0.15) is 5.82 Å². The summed E-state index contributed by atoms with van der Waals surface area (Å²) in [6, 6.07) is 6.16. The minimum Gasteiger partial charge on any atom is -0.385 e. The highest BCUT2D eigenvalue weighted by Crippen LogP contribution is 2.13. The van der Waals surface area contributed by atoms with Crippen molar-refractivity contribution in [2.24, 2.45) is 0 Å². The third-order valence-corrected chi connectivity index (χ3v) is 2.17. The van der Waals surface area contributed by atoms with Gasteiger partial charge in [-0.25, -0.2) is 4.39 Å². The lowest BCUT2D eigenvalue weighted by Crippen LogP contribution is -2.06. The molecule has 0 atom stereocenters. The smallest absolute Gasteiger partial charge is 0.126 e. The van der Waals surface area contributed by atoms with Crippen LogP contribution < -0.4 is 5.32 Å². The Bertz CT molecular complexity index is 387. The monoisotopic (exact) mass is 236 g/mol. The van der Waals surface area contributed by atoms with Crippen molar-refractivity contribution in [2.75, 3.05) is 25.1 Å². The zero-order valence-corrected chi connectivity index (χ0v) is 10.0. The molecule has 0 heterocycles. The molecule has 0 radical (unpaired) electrons. The van der Waals surface area contributed by atoms with E-state index in [4.69, 9.17) is 10.00 Å². The molecule has 3 nitrogen and oxygen atoms in total. The molecule has 0 aliphatic carbocycles. The predicted octanol–water partition coefficient (Wildman–Crippen LogP) is 2.93. The van der Waals surface area contributed by atoms with Crippen LogP contribution in [0.5, 0.6) is 0 Å². The Labute approximate surface area is 101 Å². The van der Waals surface area contributed by atoms with E-state index < -0.39 is 5.82 Å². The standard InChI is InChI=1S/C13H17FN2O/c1-2-5-17-6-3-4-16-13-8-11(10-15)7-12(14)9-13/h7-9,16H,2-6H2,1H3. The van der Waals surface area contributed by atoms with Gasteiger partial charge in [0.25, 0.3) is 0 Å². The van der Waals surface area contributed by atoms with E-state index in [1.54, 1.807) is 6.07 Å². The van der Waals surface area contributed by atoms with Crippen LogP contribution in [0.4, 0.5) is 10.1 Å². The zero-order chi connectivity index (χ0) is 12.5. The summed E-state index contributed by atoms with van der Waals surface area (Å²) in [5.41, 5.74) is 0.965. The summed E-state index contributed by atoms with van der Waals surface area (Å²) in [5.74, 6) is -0.395. The Hall–Kier alpha value is -1.60. The van der Waals surface area contributed by atoms with Crippen LogP contribution in [0, 0.1) is 17.1 Å². The van der Waals surface area contributed by atoms with Gasteiger partial charge in [0.2, 0.25) is 0 Å². The Morgan fingerprint density at radius 3 is 2.88 bits per heavy atom. The van der Waals surface area contributed by atoms with Crippen LogP contribution in [0.3, 0.4) is 0 Å². The van der Waals surface area contributed by atoms with Crippen molar-refractivity contribution in [1.82, 2.24) is 0 Å². The summed E-state index contributed by atoms with van der Waals surface area (Å²) < 4.78 is 18.4. The highest BCUT2D eigenvalue weighted by atomic mass is 19.1. The SMILES string of the molecule is CCCOCCCNc1cc(F)cc(C#N)c1. The Balaban J connectivity index is 2.32. The van der Waals surface area contributed by atoms with Gasteiger partial charge in [-0.05, 0) is 31.0 Å². The quantitative estimate of drug-likeness (QED) is 0.740. The fraction of sp³-hybridized carbons (Fsp3) is 0.462. The van der Waals surface area contributed by atoms with Crippen LogP contribution in [-0.2, 0) is 4.74 Å². The molecule has 0 amide bonds. The molecular formula is C13H17FN2O. The van der Waals surface area contributed by atoms with E-state index in [0.717, 1.165) is 19.4 Å². The van der Waals surface area contributed by atoms with Gasteiger partial charge in [-0.15, -0.1) is 0 Å². The third-order valence-electron chi connectivity index (χ3n) is 2.17. The number of rotatable bonds is 7. The maximum absolute atomic E-state index is 13.1. The normalized spacial score (nSPS) is 9.94. The highest BCUT2D eigenvalue weighted by molar-refractivity contribution is 5.49. The van der Waals surface area contributed by atoms with Crippen molar-refractivity contribution in [3.8, 4) is 6.07 Å². The van der Waals surface area contributed by atoms with E-state index in [1.165, 1.54) is 12.1 Å². The second-order valence-electron chi connectivity index (χ2n) is 3.73. The number of ether oxygens (including phenoxy) is 1. The molecule has 0 spiro atoms. The van der Waals surface area contributed by atoms with Crippen LogP contribution >= 0.6 is 0 Å². The number of halogens is 1. The van der Waals surface area contributed by atoms with Crippen molar-refractivity contribution < 1.29 is 9.13 Å². The van der Waals surface area contributed by atoms with Crippen LogP contribution in [0.1, 0.15) is 25.3 Å². The first kappa shape index (κ1) is 13.5. The first-order valence-electron chi connectivity index (χ1n) is 5.78. The predicted molar refractivity (Wildman–Crippen MR) is 65.3 cm³/mol. The highest BCUT2D eigenvalue weighted by Gasteiger charge is 1.99. The van der Waals surface area contributed by atoms with E-state index in [9.17, 15) is 4.39 Å². The van der Waals surface area contributed by atoms with Crippen molar-refractivity contribution in [3.05, 3.63) is 29.6 Å². The molecule has 0 bridgehead atoms. The number of hydrogen-bond donors (Lipinski definition) is 1. The number of anilines is 1. The van der Waals surface area contributed by atoms with Crippen LogP contribution in [0.15, 0.2) is 18.2 Å². The fourth-order valence-corrected chi connectivity index (χ4v) is 1.41. The molecule has 0 unspecified atom stereocenters. The second-order valence-corrected chi connectivity index (χ2v) is 3.73.